The number of carbonyl (C=O) groups excluding carboxylic acids is 1. The minimum atomic E-state index is -0.494. The fourth-order valence-electron chi connectivity index (χ4n) is 2.08. The van der Waals surface area contributed by atoms with Crippen molar-refractivity contribution in [3.63, 3.8) is 0 Å². The van der Waals surface area contributed by atoms with Gasteiger partial charge in [-0.15, -0.1) is 0 Å². The Balaban J connectivity index is 2.56. The predicted octanol–water partition coefficient (Wildman–Crippen LogP) is 3.70. The summed E-state index contributed by atoms with van der Waals surface area (Å²) in [6.45, 7) is 7.35. The molecule has 1 aliphatic rings. The van der Waals surface area contributed by atoms with Gasteiger partial charge in [0.25, 0.3) is 5.69 Å². The number of carbonyl (C=O) groups is 1. The van der Waals surface area contributed by atoms with E-state index in [0.29, 0.717) is 11.1 Å². The van der Waals surface area contributed by atoms with E-state index in [0.717, 1.165) is 16.7 Å². The van der Waals surface area contributed by atoms with Crippen molar-refractivity contribution in [3.05, 3.63) is 69.3 Å². The lowest BCUT2D eigenvalue weighted by atomic mass is 10.1. The third-order valence-corrected chi connectivity index (χ3v) is 3.21. The molecule has 0 N–H and O–H groups in total. The number of benzene rings is 1. The topological polar surface area (TPSA) is 60.2 Å². The lowest BCUT2D eigenvalue weighted by Gasteiger charge is -1.98. The number of ketones is 1. The van der Waals surface area contributed by atoms with Crippen LogP contribution in [0.1, 0.15) is 29.8 Å². The Kier molecular flexibility index (Phi) is 3.17. The van der Waals surface area contributed by atoms with E-state index in [2.05, 4.69) is 6.58 Å². The smallest absolute Gasteiger partial charge is 0.270 e. The molecular formula is C15H13NO3. The molecular weight excluding hydrogens is 242 g/mol. The summed E-state index contributed by atoms with van der Waals surface area (Å²) in [6.07, 6.45) is 3.43. The summed E-state index contributed by atoms with van der Waals surface area (Å²) in [5.41, 5.74) is 3.40. The fourth-order valence-corrected chi connectivity index (χ4v) is 2.08. The molecule has 0 spiro atoms. The molecule has 0 unspecified atom stereocenters. The summed E-state index contributed by atoms with van der Waals surface area (Å²) < 4.78 is 0. The molecule has 2 rings (SSSR count). The Morgan fingerprint density at radius 1 is 1.37 bits per heavy atom. The third kappa shape index (κ3) is 2.12. The minimum absolute atomic E-state index is 0.0643. The second-order valence-corrected chi connectivity index (χ2v) is 4.45. The first-order chi connectivity index (χ1) is 8.95. The van der Waals surface area contributed by atoms with Crippen molar-refractivity contribution in [1.29, 1.82) is 0 Å². The molecule has 19 heavy (non-hydrogen) atoms. The van der Waals surface area contributed by atoms with Gasteiger partial charge in [-0.1, -0.05) is 18.2 Å². The highest BCUT2D eigenvalue weighted by Crippen LogP contribution is 2.35. The number of Topliss-reactive ketones (excluding diaryl/α,β-unsaturated/α-hetero) is 1. The Hall–Kier alpha value is -2.49. The largest absolute Gasteiger partial charge is 0.289 e. The van der Waals surface area contributed by atoms with Crippen LogP contribution in [0.15, 0.2) is 48.1 Å². The Bertz CT molecular complexity index is 666. The molecule has 96 valence electrons. The number of rotatable bonds is 3. The van der Waals surface area contributed by atoms with E-state index in [4.69, 9.17) is 0 Å². The first kappa shape index (κ1) is 13.0. The van der Waals surface area contributed by atoms with Gasteiger partial charge in [-0.25, -0.2) is 0 Å². The van der Waals surface area contributed by atoms with Gasteiger partial charge < -0.3 is 0 Å². The van der Waals surface area contributed by atoms with Crippen molar-refractivity contribution in [1.82, 2.24) is 0 Å². The van der Waals surface area contributed by atoms with Crippen LogP contribution in [0.2, 0.25) is 0 Å². The molecule has 0 aromatic heterocycles. The number of nitrogens with zero attached hydrogens (tertiary/aromatic N) is 1. The zero-order valence-electron chi connectivity index (χ0n) is 10.8. The fraction of sp³-hybridized carbons (Fsp3) is 0.133. The zero-order valence-corrected chi connectivity index (χ0v) is 10.8. The number of hydrogen-bond donors (Lipinski definition) is 0. The van der Waals surface area contributed by atoms with Gasteiger partial charge in [0.15, 0.2) is 5.78 Å². The maximum Gasteiger partial charge on any atom is 0.270 e. The first-order valence-corrected chi connectivity index (χ1v) is 5.81. The van der Waals surface area contributed by atoms with Crippen molar-refractivity contribution in [2.75, 3.05) is 0 Å². The van der Waals surface area contributed by atoms with E-state index in [9.17, 15) is 14.9 Å². The highest BCUT2D eigenvalue weighted by atomic mass is 16.6. The van der Waals surface area contributed by atoms with Crippen LogP contribution in [0.3, 0.4) is 0 Å². The van der Waals surface area contributed by atoms with Gasteiger partial charge in [0.05, 0.1) is 4.92 Å². The molecule has 0 fully saturated rings. The molecule has 4 heteroatoms. The first-order valence-electron chi connectivity index (χ1n) is 5.81. The van der Waals surface area contributed by atoms with Gasteiger partial charge in [-0.3, -0.25) is 14.9 Å². The van der Waals surface area contributed by atoms with E-state index in [-0.39, 0.29) is 11.5 Å². The minimum Gasteiger partial charge on any atom is -0.289 e. The Morgan fingerprint density at radius 2 is 2.05 bits per heavy atom. The van der Waals surface area contributed by atoms with Crippen LogP contribution in [-0.4, -0.2) is 10.7 Å². The molecule has 1 aliphatic carbocycles. The Labute approximate surface area is 110 Å². The van der Waals surface area contributed by atoms with Crippen molar-refractivity contribution < 1.29 is 9.72 Å². The quantitative estimate of drug-likeness (QED) is 0.470. The monoisotopic (exact) mass is 255 g/mol. The van der Waals surface area contributed by atoms with E-state index in [1.165, 1.54) is 12.1 Å². The van der Waals surface area contributed by atoms with Crippen LogP contribution in [0.25, 0.3) is 5.57 Å². The molecule has 1 aromatic rings. The summed E-state index contributed by atoms with van der Waals surface area (Å²) in [7, 11) is 0. The number of fused-ring (bicyclic) bond motifs is 1. The SMILES string of the molecule is C=C/C(C)=C\C1=C(C)c2ccc([N+](=O)[O-])cc2C1=O. The molecule has 1 aromatic carbocycles. The van der Waals surface area contributed by atoms with Gasteiger partial charge in [0.1, 0.15) is 0 Å². The van der Waals surface area contributed by atoms with Crippen LogP contribution >= 0.6 is 0 Å². The molecule has 0 heterocycles. The Morgan fingerprint density at radius 3 is 2.63 bits per heavy atom. The molecule has 0 bridgehead atoms. The molecule has 0 amide bonds. The van der Waals surface area contributed by atoms with E-state index in [1.807, 2.05) is 13.8 Å². The second-order valence-electron chi connectivity index (χ2n) is 4.45. The highest BCUT2D eigenvalue weighted by Gasteiger charge is 2.27. The van der Waals surface area contributed by atoms with Crippen molar-refractivity contribution in [2.45, 2.75) is 13.8 Å². The number of allylic oxidation sites excluding steroid dienone is 5. The third-order valence-electron chi connectivity index (χ3n) is 3.21. The van der Waals surface area contributed by atoms with Gasteiger partial charge in [0.2, 0.25) is 0 Å². The van der Waals surface area contributed by atoms with Crippen LogP contribution in [-0.2, 0) is 0 Å². The lowest BCUT2D eigenvalue weighted by Crippen LogP contribution is -1.98. The maximum atomic E-state index is 12.3. The van der Waals surface area contributed by atoms with Crippen LogP contribution in [0, 0.1) is 10.1 Å². The summed E-state index contributed by atoms with van der Waals surface area (Å²) in [4.78, 5) is 22.5. The summed E-state index contributed by atoms with van der Waals surface area (Å²) in [6, 6.07) is 4.39. The number of nitro benzene ring substituents is 1. The molecule has 0 aliphatic heterocycles. The van der Waals surface area contributed by atoms with Gasteiger partial charge in [-0.05, 0) is 37.1 Å². The summed E-state index contributed by atoms with van der Waals surface area (Å²) in [5, 5.41) is 10.8. The molecule has 0 radical (unpaired) electrons. The van der Waals surface area contributed by atoms with E-state index in [1.54, 1.807) is 18.2 Å². The second kappa shape index (κ2) is 4.65. The van der Waals surface area contributed by atoms with Gasteiger partial charge >= 0.3 is 0 Å². The number of non-ortho nitro benzene ring substituents is 1. The van der Waals surface area contributed by atoms with E-state index >= 15 is 0 Å². The van der Waals surface area contributed by atoms with Crippen molar-refractivity contribution in [3.8, 4) is 0 Å². The molecule has 0 saturated heterocycles. The van der Waals surface area contributed by atoms with E-state index < -0.39 is 4.92 Å². The van der Waals surface area contributed by atoms with Gasteiger partial charge in [0, 0.05) is 23.3 Å². The number of hydrogen-bond acceptors (Lipinski definition) is 3. The van der Waals surface area contributed by atoms with Crippen molar-refractivity contribution >= 4 is 17.0 Å². The molecule has 4 nitrogen and oxygen atoms in total. The lowest BCUT2D eigenvalue weighted by molar-refractivity contribution is -0.384. The van der Waals surface area contributed by atoms with Crippen molar-refractivity contribution in [2.24, 2.45) is 0 Å². The van der Waals surface area contributed by atoms with Crippen LogP contribution in [0.4, 0.5) is 5.69 Å². The number of nitro groups is 1. The van der Waals surface area contributed by atoms with Crippen LogP contribution < -0.4 is 0 Å². The van der Waals surface area contributed by atoms with Crippen LogP contribution in [0.5, 0.6) is 0 Å². The zero-order chi connectivity index (χ0) is 14.2. The predicted molar refractivity (Wildman–Crippen MR) is 74.0 cm³/mol. The van der Waals surface area contributed by atoms with Gasteiger partial charge in [-0.2, -0.15) is 0 Å². The summed E-state index contributed by atoms with van der Waals surface area (Å²) >= 11 is 0. The standard InChI is InChI=1S/C15H13NO3/c1-4-9(2)7-13-10(3)12-6-5-11(16(18)19)8-14(12)15(13)17/h4-8H,1H2,2-3H3/b9-7-. The molecule has 0 atom stereocenters. The average molecular weight is 255 g/mol. The highest BCUT2D eigenvalue weighted by molar-refractivity contribution is 6.22. The summed E-state index contributed by atoms with van der Waals surface area (Å²) in [5.74, 6) is -0.169. The maximum absolute atomic E-state index is 12.3. The average Bonchev–Trinajstić information content (AvgIpc) is 2.63. The molecule has 0 saturated carbocycles. The normalized spacial score (nSPS) is 14.6.